The highest BCUT2D eigenvalue weighted by molar-refractivity contribution is 7.89. The number of benzene rings is 2. The van der Waals surface area contributed by atoms with E-state index in [0.717, 1.165) is 32.0 Å². The Balaban J connectivity index is 2.22. The third kappa shape index (κ3) is 3.95. The van der Waals surface area contributed by atoms with Crippen LogP contribution in [0.25, 0.3) is 0 Å². The Hall–Kier alpha value is -2.09. The number of sulfonamides is 1. The van der Waals surface area contributed by atoms with Gasteiger partial charge in [0.15, 0.2) is 5.75 Å². The van der Waals surface area contributed by atoms with E-state index < -0.39 is 15.3 Å². The molecule has 0 radical (unpaired) electrons. The molecule has 2 N–H and O–H groups in total. The minimum absolute atomic E-state index is 0.0630. The van der Waals surface area contributed by atoms with Crippen molar-refractivity contribution in [3.8, 4) is 11.5 Å². The normalized spacial score (nSPS) is 14.6. The molecule has 1 heterocycles. The van der Waals surface area contributed by atoms with Crippen LogP contribution in [0.1, 0.15) is 23.2 Å². The SMILES string of the molecule is NS(=O)(=O)c1cc(C(=O)Cl)cc(N2CCCC2)c1Oc1ccccc1. The first-order chi connectivity index (χ1) is 11.9. The highest BCUT2D eigenvalue weighted by Crippen LogP contribution is 2.40. The Kier molecular flexibility index (Phi) is 4.99. The molecule has 3 rings (SSSR count). The van der Waals surface area contributed by atoms with E-state index in [0.29, 0.717) is 11.4 Å². The van der Waals surface area contributed by atoms with Crippen LogP contribution < -0.4 is 14.8 Å². The second kappa shape index (κ2) is 7.03. The van der Waals surface area contributed by atoms with Gasteiger partial charge in [-0.15, -0.1) is 0 Å². The zero-order valence-corrected chi connectivity index (χ0v) is 14.9. The van der Waals surface area contributed by atoms with E-state index in [1.807, 2.05) is 11.0 Å². The summed E-state index contributed by atoms with van der Waals surface area (Å²) in [4.78, 5) is 13.3. The highest BCUT2D eigenvalue weighted by atomic mass is 35.5. The summed E-state index contributed by atoms with van der Waals surface area (Å²) in [7, 11) is -4.12. The van der Waals surface area contributed by atoms with E-state index in [9.17, 15) is 13.2 Å². The van der Waals surface area contributed by atoms with Crippen LogP contribution in [-0.2, 0) is 10.0 Å². The van der Waals surface area contributed by atoms with E-state index in [1.54, 1.807) is 30.3 Å². The lowest BCUT2D eigenvalue weighted by Gasteiger charge is -2.23. The first-order valence-electron chi connectivity index (χ1n) is 7.75. The summed E-state index contributed by atoms with van der Waals surface area (Å²) < 4.78 is 30.1. The zero-order valence-electron chi connectivity index (χ0n) is 13.3. The van der Waals surface area contributed by atoms with Gasteiger partial charge in [-0.3, -0.25) is 4.79 Å². The van der Waals surface area contributed by atoms with Crippen LogP contribution >= 0.6 is 11.6 Å². The predicted octanol–water partition coefficient (Wildman–Crippen LogP) is 3.11. The minimum Gasteiger partial charge on any atom is -0.454 e. The van der Waals surface area contributed by atoms with Crippen molar-refractivity contribution in [2.45, 2.75) is 17.7 Å². The molecule has 0 bridgehead atoms. The second-order valence-corrected chi connectivity index (χ2v) is 7.62. The average molecular weight is 381 g/mol. The summed E-state index contributed by atoms with van der Waals surface area (Å²) in [6, 6.07) is 11.5. The van der Waals surface area contributed by atoms with Crippen LogP contribution in [-0.4, -0.2) is 26.7 Å². The summed E-state index contributed by atoms with van der Waals surface area (Å²) in [5.74, 6) is 0.579. The number of ether oxygens (including phenoxy) is 1. The lowest BCUT2D eigenvalue weighted by atomic mass is 10.2. The van der Waals surface area contributed by atoms with Crippen molar-refractivity contribution in [1.29, 1.82) is 0 Å². The lowest BCUT2D eigenvalue weighted by molar-refractivity contribution is 0.108. The van der Waals surface area contributed by atoms with Gasteiger partial charge in [-0.2, -0.15) is 0 Å². The number of primary sulfonamides is 1. The molecule has 0 aliphatic carbocycles. The molecule has 1 aliphatic heterocycles. The molecule has 2 aromatic rings. The largest absolute Gasteiger partial charge is 0.454 e. The summed E-state index contributed by atoms with van der Waals surface area (Å²) in [6.07, 6.45) is 1.93. The van der Waals surface area contributed by atoms with Gasteiger partial charge in [0.1, 0.15) is 10.6 Å². The molecule has 1 fully saturated rings. The molecule has 0 spiro atoms. The van der Waals surface area contributed by atoms with Gasteiger partial charge in [-0.25, -0.2) is 13.6 Å². The standard InChI is InChI=1S/C17H17ClN2O4S/c18-17(21)12-10-14(20-8-4-5-9-20)16(15(11-12)25(19,22)23)24-13-6-2-1-3-7-13/h1-3,6-7,10-11H,4-5,8-9H2,(H2,19,22,23). The summed E-state index contributed by atoms with van der Waals surface area (Å²) in [5.41, 5.74) is 0.560. The molecule has 6 nitrogen and oxygen atoms in total. The van der Waals surface area contributed by atoms with Crippen molar-refractivity contribution in [3.05, 3.63) is 48.0 Å². The van der Waals surface area contributed by atoms with Crippen molar-refractivity contribution in [2.75, 3.05) is 18.0 Å². The van der Waals surface area contributed by atoms with Crippen LogP contribution in [0, 0.1) is 0 Å². The lowest BCUT2D eigenvalue weighted by Crippen LogP contribution is -2.21. The molecule has 132 valence electrons. The molecule has 0 aromatic heterocycles. The number of hydrogen-bond donors (Lipinski definition) is 1. The van der Waals surface area contributed by atoms with Crippen LogP contribution in [0.15, 0.2) is 47.4 Å². The number of para-hydroxylation sites is 1. The predicted molar refractivity (Wildman–Crippen MR) is 96.0 cm³/mol. The Labute approximate surface area is 151 Å². The molecule has 25 heavy (non-hydrogen) atoms. The minimum atomic E-state index is -4.12. The summed E-state index contributed by atoms with van der Waals surface area (Å²) in [6.45, 7) is 1.46. The Morgan fingerprint density at radius 2 is 1.76 bits per heavy atom. The molecule has 0 amide bonds. The first-order valence-corrected chi connectivity index (χ1v) is 9.67. The van der Waals surface area contributed by atoms with Gasteiger partial charge in [-0.05, 0) is 48.7 Å². The van der Waals surface area contributed by atoms with Gasteiger partial charge in [0.2, 0.25) is 10.0 Å². The van der Waals surface area contributed by atoms with E-state index in [-0.39, 0.29) is 16.2 Å². The Morgan fingerprint density at radius 3 is 2.32 bits per heavy atom. The number of carbonyl (C=O) groups is 1. The topological polar surface area (TPSA) is 89.7 Å². The maximum atomic E-state index is 12.1. The van der Waals surface area contributed by atoms with Crippen molar-refractivity contribution >= 4 is 32.6 Å². The van der Waals surface area contributed by atoms with Gasteiger partial charge in [0.25, 0.3) is 5.24 Å². The fourth-order valence-corrected chi connectivity index (χ4v) is 3.62. The summed E-state index contributed by atoms with van der Waals surface area (Å²) >= 11 is 5.58. The number of carbonyl (C=O) groups excluding carboxylic acids is 1. The first kappa shape index (κ1) is 17.7. The van der Waals surface area contributed by atoms with E-state index in [2.05, 4.69) is 0 Å². The Morgan fingerprint density at radius 1 is 1.12 bits per heavy atom. The number of rotatable bonds is 5. The molecular formula is C17H17ClN2O4S. The van der Waals surface area contributed by atoms with E-state index in [1.165, 1.54) is 0 Å². The average Bonchev–Trinajstić information content (AvgIpc) is 3.09. The number of nitrogens with two attached hydrogens (primary N) is 1. The molecule has 8 heteroatoms. The van der Waals surface area contributed by atoms with Gasteiger partial charge in [0, 0.05) is 18.7 Å². The molecule has 2 aromatic carbocycles. The number of anilines is 1. The third-order valence-electron chi connectivity index (χ3n) is 3.98. The zero-order chi connectivity index (χ0) is 18.0. The Bertz CT molecular complexity index is 894. The van der Waals surface area contributed by atoms with Gasteiger partial charge in [0.05, 0.1) is 5.69 Å². The van der Waals surface area contributed by atoms with Gasteiger partial charge >= 0.3 is 0 Å². The van der Waals surface area contributed by atoms with E-state index >= 15 is 0 Å². The summed E-state index contributed by atoms with van der Waals surface area (Å²) in [5, 5.41) is 4.61. The third-order valence-corrected chi connectivity index (χ3v) is 5.11. The van der Waals surface area contributed by atoms with Crippen LogP contribution in [0.4, 0.5) is 5.69 Å². The maximum absolute atomic E-state index is 12.1. The van der Waals surface area contributed by atoms with Crippen molar-refractivity contribution < 1.29 is 17.9 Å². The number of nitrogens with zero attached hydrogens (tertiary/aromatic N) is 1. The van der Waals surface area contributed by atoms with Gasteiger partial charge < -0.3 is 9.64 Å². The van der Waals surface area contributed by atoms with Crippen LogP contribution in [0.3, 0.4) is 0 Å². The van der Waals surface area contributed by atoms with Crippen molar-refractivity contribution in [1.82, 2.24) is 0 Å². The van der Waals surface area contributed by atoms with Crippen LogP contribution in [0.2, 0.25) is 0 Å². The molecule has 0 saturated carbocycles. The number of hydrogen-bond acceptors (Lipinski definition) is 5. The van der Waals surface area contributed by atoms with Gasteiger partial charge in [-0.1, -0.05) is 18.2 Å². The quantitative estimate of drug-likeness (QED) is 0.805. The maximum Gasteiger partial charge on any atom is 0.252 e. The monoisotopic (exact) mass is 380 g/mol. The highest BCUT2D eigenvalue weighted by Gasteiger charge is 2.27. The smallest absolute Gasteiger partial charge is 0.252 e. The molecule has 0 unspecified atom stereocenters. The van der Waals surface area contributed by atoms with E-state index in [4.69, 9.17) is 21.5 Å². The fraction of sp³-hybridized carbons (Fsp3) is 0.235. The number of halogens is 1. The van der Waals surface area contributed by atoms with Crippen molar-refractivity contribution in [3.63, 3.8) is 0 Å². The fourth-order valence-electron chi connectivity index (χ4n) is 2.81. The second-order valence-electron chi connectivity index (χ2n) is 5.75. The molecule has 0 atom stereocenters. The molecular weight excluding hydrogens is 364 g/mol. The molecule has 1 aliphatic rings. The van der Waals surface area contributed by atoms with Crippen LogP contribution in [0.5, 0.6) is 11.5 Å². The molecule has 1 saturated heterocycles. The van der Waals surface area contributed by atoms with Crippen molar-refractivity contribution in [2.24, 2.45) is 5.14 Å².